The zero-order chi connectivity index (χ0) is 19.9. The smallest absolute Gasteiger partial charge is 0.305 e. The molecule has 0 aliphatic rings. The Balaban J connectivity index is 1.58. The highest BCUT2D eigenvalue weighted by molar-refractivity contribution is 7.99. The molecule has 28 heavy (non-hydrogen) atoms. The van der Waals surface area contributed by atoms with E-state index < -0.39 is 17.8 Å². The van der Waals surface area contributed by atoms with Gasteiger partial charge in [-0.25, -0.2) is 9.18 Å². The lowest BCUT2D eigenvalue weighted by molar-refractivity contribution is -0.117. The number of para-hydroxylation sites is 1. The fraction of sp³-hybridized carbons (Fsp3) is 0.167. The quantitative estimate of drug-likeness (QED) is 0.617. The molecule has 0 bridgehead atoms. The summed E-state index contributed by atoms with van der Waals surface area (Å²) in [5.41, 5.74) is 0.859. The number of hydrogen-bond donors (Lipinski definition) is 2. The van der Waals surface area contributed by atoms with Crippen LogP contribution in [0.4, 0.5) is 14.9 Å². The van der Waals surface area contributed by atoms with Crippen molar-refractivity contribution in [1.29, 1.82) is 0 Å². The van der Waals surface area contributed by atoms with Crippen LogP contribution in [-0.2, 0) is 11.3 Å². The second-order valence-electron chi connectivity index (χ2n) is 5.56. The predicted molar refractivity (Wildman–Crippen MR) is 103 cm³/mol. The number of carbonyl (C=O) groups excluding carboxylic acids is 2. The molecule has 3 aromatic rings. The van der Waals surface area contributed by atoms with Gasteiger partial charge in [-0.15, -0.1) is 10.2 Å². The molecule has 0 spiro atoms. The maximum Gasteiger partial charge on any atom is 0.325 e. The van der Waals surface area contributed by atoms with E-state index in [0.717, 1.165) is 17.3 Å². The molecule has 0 aliphatic carbocycles. The molecule has 0 unspecified atom stereocenters. The van der Waals surface area contributed by atoms with Gasteiger partial charge in [-0.1, -0.05) is 23.9 Å². The van der Waals surface area contributed by atoms with Crippen LogP contribution < -0.4 is 10.6 Å². The van der Waals surface area contributed by atoms with Crippen LogP contribution in [-0.4, -0.2) is 37.4 Å². The molecule has 144 valence electrons. The van der Waals surface area contributed by atoms with Crippen LogP contribution in [0.15, 0.2) is 53.9 Å². The molecule has 2 aromatic heterocycles. The minimum atomic E-state index is -0.801. The van der Waals surface area contributed by atoms with Crippen LogP contribution >= 0.6 is 11.8 Å². The van der Waals surface area contributed by atoms with E-state index in [9.17, 15) is 14.0 Å². The van der Waals surface area contributed by atoms with Gasteiger partial charge in [-0.05, 0) is 31.2 Å². The molecule has 0 radical (unpaired) electrons. The zero-order valence-electron chi connectivity index (χ0n) is 14.9. The van der Waals surface area contributed by atoms with Crippen LogP contribution in [0.25, 0.3) is 11.4 Å². The third-order valence-corrected chi connectivity index (χ3v) is 4.65. The Hall–Kier alpha value is -3.27. The summed E-state index contributed by atoms with van der Waals surface area (Å²) < 4.78 is 15.4. The molecule has 3 amide bonds. The lowest BCUT2D eigenvalue weighted by Crippen LogP contribution is -2.35. The Labute approximate surface area is 164 Å². The summed E-state index contributed by atoms with van der Waals surface area (Å²) in [6.45, 7) is 2.56. The molecular weight excluding hydrogens is 383 g/mol. The van der Waals surface area contributed by atoms with Gasteiger partial charge in [0.15, 0.2) is 11.0 Å². The number of urea groups is 1. The van der Waals surface area contributed by atoms with Crippen LogP contribution in [0.3, 0.4) is 0 Å². The first-order valence-corrected chi connectivity index (χ1v) is 9.38. The van der Waals surface area contributed by atoms with Crippen LogP contribution in [0.5, 0.6) is 0 Å². The Morgan fingerprint density at radius 1 is 1.14 bits per heavy atom. The van der Waals surface area contributed by atoms with Crippen molar-refractivity contribution in [2.75, 3.05) is 11.1 Å². The summed E-state index contributed by atoms with van der Waals surface area (Å²) in [6.07, 6.45) is 3.33. The monoisotopic (exact) mass is 400 g/mol. The van der Waals surface area contributed by atoms with Crippen molar-refractivity contribution >= 4 is 29.4 Å². The number of rotatable bonds is 6. The van der Waals surface area contributed by atoms with Crippen molar-refractivity contribution in [3.8, 4) is 11.4 Å². The number of aromatic nitrogens is 4. The van der Waals surface area contributed by atoms with E-state index >= 15 is 0 Å². The van der Waals surface area contributed by atoms with Gasteiger partial charge in [0.1, 0.15) is 5.82 Å². The lowest BCUT2D eigenvalue weighted by Gasteiger charge is -2.08. The Morgan fingerprint density at radius 3 is 2.61 bits per heavy atom. The van der Waals surface area contributed by atoms with E-state index in [1.54, 1.807) is 18.5 Å². The van der Waals surface area contributed by atoms with Gasteiger partial charge in [0.25, 0.3) is 0 Å². The highest BCUT2D eigenvalue weighted by Crippen LogP contribution is 2.23. The molecule has 0 atom stereocenters. The average molecular weight is 400 g/mol. The van der Waals surface area contributed by atoms with Crippen molar-refractivity contribution in [3.63, 3.8) is 0 Å². The Morgan fingerprint density at radius 2 is 1.89 bits per heavy atom. The molecule has 0 saturated heterocycles. The van der Waals surface area contributed by atoms with Crippen LogP contribution in [0.2, 0.25) is 0 Å². The van der Waals surface area contributed by atoms with Gasteiger partial charge in [0, 0.05) is 24.5 Å². The van der Waals surface area contributed by atoms with Crippen molar-refractivity contribution in [2.24, 2.45) is 0 Å². The van der Waals surface area contributed by atoms with Crippen molar-refractivity contribution in [1.82, 2.24) is 25.1 Å². The zero-order valence-corrected chi connectivity index (χ0v) is 15.7. The van der Waals surface area contributed by atoms with Gasteiger partial charge in [0.2, 0.25) is 5.91 Å². The summed E-state index contributed by atoms with van der Waals surface area (Å²) in [5.74, 6) is -0.488. The molecule has 2 heterocycles. The predicted octanol–water partition coefficient (Wildman–Crippen LogP) is 2.94. The summed E-state index contributed by atoms with van der Waals surface area (Å²) in [5, 5.41) is 13.3. The third kappa shape index (κ3) is 4.71. The number of nitrogens with one attached hydrogen (secondary N) is 2. The Kier molecular flexibility index (Phi) is 6.33. The van der Waals surface area contributed by atoms with E-state index in [1.165, 1.54) is 18.2 Å². The molecular formula is C18H17FN6O2S. The van der Waals surface area contributed by atoms with Gasteiger partial charge in [0.05, 0.1) is 11.4 Å². The van der Waals surface area contributed by atoms with Crippen molar-refractivity contribution in [3.05, 3.63) is 54.6 Å². The molecule has 0 saturated carbocycles. The minimum absolute atomic E-state index is 0.00632. The summed E-state index contributed by atoms with van der Waals surface area (Å²) in [6, 6.07) is 8.54. The number of halogens is 1. The number of nitrogens with zero attached hydrogens (tertiary/aromatic N) is 4. The van der Waals surface area contributed by atoms with Crippen molar-refractivity contribution < 1.29 is 14.0 Å². The number of thioether (sulfide) groups is 1. The van der Waals surface area contributed by atoms with Crippen molar-refractivity contribution in [2.45, 2.75) is 18.6 Å². The first-order valence-electron chi connectivity index (χ1n) is 8.40. The van der Waals surface area contributed by atoms with E-state index in [4.69, 9.17) is 0 Å². The number of hydrogen-bond acceptors (Lipinski definition) is 6. The molecule has 1 aromatic carbocycles. The number of amides is 3. The second kappa shape index (κ2) is 9.09. The van der Waals surface area contributed by atoms with Gasteiger partial charge >= 0.3 is 6.03 Å². The fourth-order valence-corrected chi connectivity index (χ4v) is 3.21. The SMILES string of the molecule is CCn1c(SCC(=O)NC(=O)Nc2ccccc2F)nnc1-c1ccncc1. The minimum Gasteiger partial charge on any atom is -0.305 e. The van der Waals surface area contributed by atoms with E-state index in [2.05, 4.69) is 25.8 Å². The lowest BCUT2D eigenvalue weighted by atomic mass is 10.2. The van der Waals surface area contributed by atoms with E-state index in [0.29, 0.717) is 17.5 Å². The Bertz CT molecular complexity index is 979. The first-order chi connectivity index (χ1) is 13.6. The maximum absolute atomic E-state index is 13.5. The number of carbonyl (C=O) groups is 2. The molecule has 2 N–H and O–H groups in total. The third-order valence-electron chi connectivity index (χ3n) is 3.68. The summed E-state index contributed by atoms with van der Waals surface area (Å²) in [7, 11) is 0. The molecule has 0 aliphatic heterocycles. The number of pyridine rings is 1. The van der Waals surface area contributed by atoms with Gasteiger partial charge < -0.3 is 9.88 Å². The van der Waals surface area contributed by atoms with E-state index in [-0.39, 0.29) is 11.4 Å². The number of imide groups is 1. The standard InChI is InChI=1S/C18H17FN6O2S/c1-2-25-16(12-7-9-20-10-8-12)23-24-18(25)28-11-15(26)22-17(27)21-14-6-4-3-5-13(14)19/h3-10H,2,11H2,1H3,(H2,21,22,26,27). The van der Waals surface area contributed by atoms with Crippen LogP contribution in [0.1, 0.15) is 6.92 Å². The topological polar surface area (TPSA) is 102 Å². The maximum atomic E-state index is 13.5. The summed E-state index contributed by atoms with van der Waals surface area (Å²) >= 11 is 1.15. The van der Waals surface area contributed by atoms with E-state index in [1.807, 2.05) is 23.6 Å². The van der Waals surface area contributed by atoms with Crippen LogP contribution in [0, 0.1) is 5.82 Å². The molecule has 10 heteroatoms. The fourth-order valence-electron chi connectivity index (χ4n) is 2.40. The molecule has 8 nitrogen and oxygen atoms in total. The second-order valence-corrected chi connectivity index (χ2v) is 6.50. The number of anilines is 1. The summed E-state index contributed by atoms with van der Waals surface area (Å²) in [4.78, 5) is 27.8. The highest BCUT2D eigenvalue weighted by Gasteiger charge is 2.16. The highest BCUT2D eigenvalue weighted by atomic mass is 32.2. The molecule has 3 rings (SSSR count). The molecule has 0 fully saturated rings. The first kappa shape index (κ1) is 19.5. The number of benzene rings is 1. The largest absolute Gasteiger partial charge is 0.325 e. The van der Waals surface area contributed by atoms with Gasteiger partial charge in [-0.3, -0.25) is 15.1 Å². The normalized spacial score (nSPS) is 10.5. The van der Waals surface area contributed by atoms with Gasteiger partial charge in [-0.2, -0.15) is 0 Å². The average Bonchev–Trinajstić information content (AvgIpc) is 3.11.